The smallest absolute Gasteiger partial charge is 0.239 e. The Morgan fingerprint density at radius 2 is 2.00 bits per heavy atom. The molecule has 0 saturated heterocycles. The largest absolute Gasteiger partial charge is 0.283 e. The molecular formula is C14H18FNO2S. The molecule has 1 aliphatic carbocycles. The Kier molecular flexibility index (Phi) is 4.24. The first-order valence-electron chi connectivity index (χ1n) is 6.49. The average molecular weight is 283 g/mol. The van der Waals surface area contributed by atoms with Crippen molar-refractivity contribution in [2.24, 2.45) is 0 Å². The first-order chi connectivity index (χ1) is 9.03. The molecular weight excluding hydrogens is 265 g/mol. The summed E-state index contributed by atoms with van der Waals surface area (Å²) in [4.78, 5) is 0. The predicted molar refractivity (Wildman–Crippen MR) is 75.0 cm³/mol. The molecule has 1 aromatic rings. The van der Waals surface area contributed by atoms with Crippen molar-refractivity contribution in [3.63, 3.8) is 0 Å². The van der Waals surface area contributed by atoms with Crippen LogP contribution in [0, 0.1) is 5.82 Å². The van der Waals surface area contributed by atoms with Gasteiger partial charge in [0.2, 0.25) is 10.0 Å². The van der Waals surface area contributed by atoms with Crippen LogP contribution in [0.3, 0.4) is 0 Å². The summed E-state index contributed by atoms with van der Waals surface area (Å²) >= 11 is 0. The third-order valence-electron chi connectivity index (χ3n) is 3.38. The highest BCUT2D eigenvalue weighted by molar-refractivity contribution is 7.93. The minimum Gasteiger partial charge on any atom is -0.283 e. The highest BCUT2D eigenvalue weighted by Crippen LogP contribution is 2.28. The Bertz CT molecular complexity index is 564. The van der Waals surface area contributed by atoms with Crippen LogP contribution >= 0.6 is 0 Å². The summed E-state index contributed by atoms with van der Waals surface area (Å²) in [5.74, 6) is -0.380. The minimum atomic E-state index is -3.45. The third-order valence-corrected chi connectivity index (χ3v) is 5.19. The lowest BCUT2D eigenvalue weighted by Gasteiger charge is -2.24. The van der Waals surface area contributed by atoms with Crippen LogP contribution in [0.4, 0.5) is 10.1 Å². The molecule has 0 bridgehead atoms. The van der Waals surface area contributed by atoms with Crippen LogP contribution in [0.1, 0.15) is 32.6 Å². The second-order valence-corrected chi connectivity index (χ2v) is 6.57. The molecule has 1 unspecified atom stereocenters. The Morgan fingerprint density at radius 3 is 2.63 bits per heavy atom. The van der Waals surface area contributed by atoms with Gasteiger partial charge in [-0.2, -0.15) is 0 Å². The van der Waals surface area contributed by atoms with Crippen LogP contribution in [-0.4, -0.2) is 13.7 Å². The lowest BCUT2D eigenvalue weighted by Crippen LogP contribution is -2.31. The molecule has 0 spiro atoms. The van der Waals surface area contributed by atoms with Gasteiger partial charge in [0.25, 0.3) is 0 Å². The van der Waals surface area contributed by atoms with Gasteiger partial charge in [-0.05, 0) is 49.9 Å². The highest BCUT2D eigenvalue weighted by Gasteiger charge is 2.29. The first kappa shape index (κ1) is 14.1. The summed E-state index contributed by atoms with van der Waals surface area (Å²) in [5, 5.41) is -0.462. The van der Waals surface area contributed by atoms with E-state index in [0.717, 1.165) is 24.8 Å². The number of anilines is 1. The van der Waals surface area contributed by atoms with Crippen molar-refractivity contribution in [1.82, 2.24) is 0 Å². The summed E-state index contributed by atoms with van der Waals surface area (Å²) in [6.45, 7) is 1.97. The van der Waals surface area contributed by atoms with Gasteiger partial charge in [0.1, 0.15) is 11.1 Å². The number of benzene rings is 1. The Labute approximate surface area is 113 Å². The lowest BCUT2D eigenvalue weighted by atomic mass is 9.97. The fraction of sp³-hybridized carbons (Fsp3) is 0.429. The van der Waals surface area contributed by atoms with Crippen molar-refractivity contribution in [2.45, 2.75) is 37.9 Å². The van der Waals surface area contributed by atoms with Crippen molar-refractivity contribution in [3.8, 4) is 0 Å². The summed E-state index contributed by atoms with van der Waals surface area (Å²) in [5.41, 5.74) is 1.38. The molecule has 3 nitrogen and oxygen atoms in total. The molecule has 0 fully saturated rings. The van der Waals surface area contributed by atoms with Gasteiger partial charge in [-0.15, -0.1) is 0 Å². The lowest BCUT2D eigenvalue weighted by molar-refractivity contribution is 0.573. The second kappa shape index (κ2) is 5.74. The van der Waals surface area contributed by atoms with E-state index < -0.39 is 15.3 Å². The highest BCUT2D eigenvalue weighted by atomic mass is 32.2. The van der Waals surface area contributed by atoms with E-state index in [0.29, 0.717) is 12.1 Å². The number of sulfonamides is 1. The van der Waals surface area contributed by atoms with Gasteiger partial charge in [0.05, 0.1) is 0 Å². The minimum absolute atomic E-state index is 0.380. The summed E-state index contributed by atoms with van der Waals surface area (Å²) in [6, 6.07) is 5.36. The van der Waals surface area contributed by atoms with E-state index in [1.165, 1.54) is 24.3 Å². The standard InChI is InChI=1S/C14H18FNO2S/c1-2-11-5-3-4-6-14(11)19(17,18)16-13-9-7-12(15)8-10-13/h5,7-10,14,16H,2-4,6H2,1H3. The monoisotopic (exact) mass is 283 g/mol. The molecule has 0 radical (unpaired) electrons. The zero-order valence-electron chi connectivity index (χ0n) is 10.9. The number of nitrogens with one attached hydrogen (secondary N) is 1. The van der Waals surface area contributed by atoms with E-state index in [4.69, 9.17) is 0 Å². The quantitative estimate of drug-likeness (QED) is 0.860. The van der Waals surface area contributed by atoms with Crippen molar-refractivity contribution >= 4 is 15.7 Å². The molecule has 0 saturated carbocycles. The molecule has 0 aliphatic heterocycles. The average Bonchev–Trinajstić information content (AvgIpc) is 2.41. The number of halogens is 1. The molecule has 1 atom stereocenters. The SMILES string of the molecule is CCC1=CCCCC1S(=O)(=O)Nc1ccc(F)cc1. The second-order valence-electron chi connectivity index (χ2n) is 4.71. The first-order valence-corrected chi connectivity index (χ1v) is 8.03. The molecule has 1 aliphatic rings. The molecule has 5 heteroatoms. The number of hydrogen-bond donors (Lipinski definition) is 1. The molecule has 104 valence electrons. The Hall–Kier alpha value is -1.36. The van der Waals surface area contributed by atoms with Gasteiger partial charge in [0.15, 0.2) is 0 Å². The van der Waals surface area contributed by atoms with Crippen LogP contribution in [0.5, 0.6) is 0 Å². The predicted octanol–water partition coefficient (Wildman–Crippen LogP) is 3.46. The topological polar surface area (TPSA) is 46.2 Å². The zero-order valence-corrected chi connectivity index (χ0v) is 11.7. The molecule has 1 aromatic carbocycles. The summed E-state index contributed by atoms with van der Waals surface area (Å²) in [7, 11) is -3.45. The van der Waals surface area contributed by atoms with E-state index in [1.807, 2.05) is 13.0 Å². The number of rotatable bonds is 4. The summed E-state index contributed by atoms with van der Waals surface area (Å²) < 4.78 is 40.1. The fourth-order valence-electron chi connectivity index (χ4n) is 2.39. The Balaban J connectivity index is 2.20. The van der Waals surface area contributed by atoms with Gasteiger partial charge in [0, 0.05) is 5.69 Å². The third kappa shape index (κ3) is 3.35. The maximum absolute atomic E-state index is 12.8. The van der Waals surface area contributed by atoms with Crippen molar-refractivity contribution in [3.05, 3.63) is 41.7 Å². The zero-order chi connectivity index (χ0) is 13.9. The normalized spacial score (nSPS) is 19.9. The van der Waals surface area contributed by atoms with Crippen LogP contribution < -0.4 is 4.72 Å². The van der Waals surface area contributed by atoms with Gasteiger partial charge < -0.3 is 0 Å². The molecule has 0 heterocycles. The number of hydrogen-bond acceptors (Lipinski definition) is 2. The molecule has 0 aromatic heterocycles. The van der Waals surface area contributed by atoms with Gasteiger partial charge in [-0.25, -0.2) is 12.8 Å². The van der Waals surface area contributed by atoms with Crippen molar-refractivity contribution in [1.29, 1.82) is 0 Å². The fourth-order valence-corrected chi connectivity index (χ4v) is 4.13. The maximum Gasteiger partial charge on any atom is 0.239 e. The van der Waals surface area contributed by atoms with Crippen LogP contribution in [0.15, 0.2) is 35.9 Å². The van der Waals surface area contributed by atoms with Crippen LogP contribution in [0.2, 0.25) is 0 Å². The van der Waals surface area contributed by atoms with E-state index in [9.17, 15) is 12.8 Å². The van der Waals surface area contributed by atoms with Crippen molar-refractivity contribution in [2.75, 3.05) is 4.72 Å². The van der Waals surface area contributed by atoms with E-state index in [-0.39, 0.29) is 5.82 Å². The molecule has 1 N–H and O–H groups in total. The molecule has 19 heavy (non-hydrogen) atoms. The van der Waals surface area contributed by atoms with Gasteiger partial charge in [-0.3, -0.25) is 4.72 Å². The molecule has 0 amide bonds. The number of allylic oxidation sites excluding steroid dienone is 1. The molecule has 2 rings (SSSR count). The van der Waals surface area contributed by atoms with Crippen molar-refractivity contribution < 1.29 is 12.8 Å². The van der Waals surface area contributed by atoms with E-state index >= 15 is 0 Å². The van der Waals surface area contributed by atoms with Crippen LogP contribution in [-0.2, 0) is 10.0 Å². The summed E-state index contributed by atoms with van der Waals surface area (Å²) in [6.07, 6.45) is 5.26. The van der Waals surface area contributed by atoms with Gasteiger partial charge >= 0.3 is 0 Å². The van der Waals surface area contributed by atoms with E-state index in [1.54, 1.807) is 0 Å². The maximum atomic E-state index is 12.8. The Morgan fingerprint density at radius 1 is 1.32 bits per heavy atom. The van der Waals surface area contributed by atoms with E-state index in [2.05, 4.69) is 4.72 Å². The van der Waals surface area contributed by atoms with Gasteiger partial charge in [-0.1, -0.05) is 18.6 Å². The van der Waals surface area contributed by atoms with Crippen LogP contribution in [0.25, 0.3) is 0 Å².